The maximum absolute atomic E-state index is 13.9. The van der Waals surface area contributed by atoms with Gasteiger partial charge in [-0.2, -0.15) is 31.6 Å². The van der Waals surface area contributed by atoms with Crippen molar-refractivity contribution < 1.29 is 35.8 Å². The molecule has 0 amide bonds. The van der Waals surface area contributed by atoms with E-state index >= 15 is 0 Å². The molecule has 1 saturated heterocycles. The van der Waals surface area contributed by atoms with Crippen LogP contribution in [0.1, 0.15) is 17.5 Å². The van der Waals surface area contributed by atoms with Gasteiger partial charge < -0.3 is 10.0 Å². The maximum atomic E-state index is 13.9. The number of halogens is 7. The Bertz CT molecular complexity index is 737. The molecule has 3 rings (SSSR count). The number of nitrogens with zero attached hydrogens (tertiary/aromatic N) is 2. The zero-order valence-electron chi connectivity index (χ0n) is 12.4. The molecule has 1 heterocycles. The van der Waals surface area contributed by atoms with Gasteiger partial charge in [-0.25, -0.2) is 4.39 Å². The molecule has 2 aliphatic rings. The van der Waals surface area contributed by atoms with Crippen LogP contribution in [-0.2, 0) is 6.18 Å². The number of piperidine rings is 1. The van der Waals surface area contributed by atoms with Crippen molar-refractivity contribution >= 4 is 5.69 Å². The van der Waals surface area contributed by atoms with Crippen molar-refractivity contribution in [3.63, 3.8) is 0 Å². The Labute approximate surface area is 137 Å². The molecule has 2 fully saturated rings. The number of nitriles is 1. The summed E-state index contributed by atoms with van der Waals surface area (Å²) in [5.74, 6) is -2.16. The fourth-order valence-corrected chi connectivity index (χ4v) is 3.48. The van der Waals surface area contributed by atoms with Crippen LogP contribution in [0.4, 0.5) is 36.4 Å². The van der Waals surface area contributed by atoms with Crippen LogP contribution in [0, 0.1) is 29.0 Å². The Hall–Kier alpha value is -2.02. The fraction of sp³-hybridized carbons (Fsp3) is 0.533. The van der Waals surface area contributed by atoms with E-state index < -0.39 is 53.0 Å². The van der Waals surface area contributed by atoms with Gasteiger partial charge in [0, 0.05) is 12.2 Å². The summed E-state index contributed by atoms with van der Waals surface area (Å²) in [5, 5.41) is 18.3. The molecule has 136 valence electrons. The minimum Gasteiger partial charge on any atom is -0.382 e. The van der Waals surface area contributed by atoms with Crippen molar-refractivity contribution in [1.29, 1.82) is 5.26 Å². The minimum absolute atomic E-state index is 0.00882. The Morgan fingerprint density at radius 2 is 1.84 bits per heavy atom. The molecule has 25 heavy (non-hydrogen) atoms. The topological polar surface area (TPSA) is 47.3 Å². The normalized spacial score (nSPS) is 27.0. The second-order valence-corrected chi connectivity index (χ2v) is 6.25. The van der Waals surface area contributed by atoms with E-state index in [9.17, 15) is 35.8 Å². The molecule has 10 heteroatoms. The van der Waals surface area contributed by atoms with Crippen LogP contribution in [0.2, 0.25) is 0 Å². The first kappa shape index (κ1) is 17.8. The van der Waals surface area contributed by atoms with Crippen molar-refractivity contribution in [2.45, 2.75) is 30.9 Å². The molecule has 0 aromatic heterocycles. The standard InChI is InChI=1S/C15H11F7N2O/c16-11-3-7(2-10(9(11)4-23)14(17,18)19)24-5-6-1-8(6)12(24)13(25)15(20,21)22/h2-3,6,8,12-13,25H,1,5H2. The quantitative estimate of drug-likeness (QED) is 0.814. The van der Waals surface area contributed by atoms with E-state index in [4.69, 9.17) is 5.26 Å². The maximum Gasteiger partial charge on any atom is 0.417 e. The lowest BCUT2D eigenvalue weighted by Crippen LogP contribution is -2.49. The van der Waals surface area contributed by atoms with Gasteiger partial charge in [-0.1, -0.05) is 0 Å². The summed E-state index contributed by atoms with van der Waals surface area (Å²) in [6, 6.07) is 0.714. The fourth-order valence-electron chi connectivity index (χ4n) is 3.48. The van der Waals surface area contributed by atoms with Crippen LogP contribution in [0.3, 0.4) is 0 Å². The zero-order chi connectivity index (χ0) is 18.7. The number of aliphatic hydroxyl groups is 1. The van der Waals surface area contributed by atoms with Crippen molar-refractivity contribution in [3.8, 4) is 6.07 Å². The van der Waals surface area contributed by atoms with E-state index in [0.29, 0.717) is 18.6 Å². The summed E-state index contributed by atoms with van der Waals surface area (Å²) < 4.78 is 91.7. The highest BCUT2D eigenvalue weighted by atomic mass is 19.4. The second kappa shape index (κ2) is 5.49. The predicted octanol–water partition coefficient (Wildman–Crippen LogP) is 3.46. The average Bonchev–Trinajstić information content (AvgIpc) is 3.14. The number of fused-ring (bicyclic) bond motifs is 1. The third-order valence-electron chi connectivity index (χ3n) is 4.69. The Morgan fingerprint density at radius 1 is 1.20 bits per heavy atom. The van der Waals surface area contributed by atoms with Crippen LogP contribution in [-0.4, -0.2) is 30.0 Å². The van der Waals surface area contributed by atoms with Crippen molar-refractivity contribution in [1.82, 2.24) is 0 Å². The Kier molecular flexibility index (Phi) is 3.91. The molecule has 3 nitrogen and oxygen atoms in total. The first-order valence-corrected chi connectivity index (χ1v) is 7.27. The molecule has 4 unspecified atom stereocenters. The number of aliphatic hydroxyl groups excluding tert-OH is 1. The SMILES string of the molecule is N#Cc1c(F)cc(N2CC3CC3C2C(O)C(F)(F)F)cc1C(F)(F)F. The molecule has 0 radical (unpaired) electrons. The third-order valence-corrected chi connectivity index (χ3v) is 4.69. The van der Waals surface area contributed by atoms with Gasteiger partial charge in [0.05, 0.1) is 11.6 Å². The third kappa shape index (κ3) is 3.01. The van der Waals surface area contributed by atoms with Gasteiger partial charge in [-0.05, 0) is 30.4 Å². The summed E-state index contributed by atoms with van der Waals surface area (Å²) in [7, 11) is 0. The van der Waals surface area contributed by atoms with Gasteiger partial charge in [-0.3, -0.25) is 0 Å². The highest BCUT2D eigenvalue weighted by molar-refractivity contribution is 5.58. The molecule has 1 aromatic rings. The average molecular weight is 368 g/mol. The zero-order valence-corrected chi connectivity index (χ0v) is 12.4. The van der Waals surface area contributed by atoms with Crippen molar-refractivity contribution in [2.24, 2.45) is 11.8 Å². The first-order chi connectivity index (χ1) is 11.4. The molecule has 1 N–H and O–H groups in total. The second-order valence-electron chi connectivity index (χ2n) is 6.25. The Balaban J connectivity index is 2.04. The lowest BCUT2D eigenvalue weighted by atomic mass is 10.0. The number of hydrogen-bond acceptors (Lipinski definition) is 3. The highest BCUT2D eigenvalue weighted by Crippen LogP contribution is 2.53. The van der Waals surface area contributed by atoms with E-state index in [1.165, 1.54) is 0 Å². The number of anilines is 1. The van der Waals surface area contributed by atoms with Gasteiger partial charge in [0.1, 0.15) is 17.4 Å². The summed E-state index contributed by atoms with van der Waals surface area (Å²) in [6.07, 6.45) is -12.3. The van der Waals surface area contributed by atoms with Crippen LogP contribution in [0.25, 0.3) is 0 Å². The summed E-state index contributed by atoms with van der Waals surface area (Å²) in [6.45, 7) is -0.00882. The van der Waals surface area contributed by atoms with E-state index in [2.05, 4.69) is 0 Å². The van der Waals surface area contributed by atoms with Crippen molar-refractivity contribution in [3.05, 3.63) is 29.1 Å². The number of benzene rings is 1. The summed E-state index contributed by atoms with van der Waals surface area (Å²) in [4.78, 5) is 0.955. The molecule has 0 bridgehead atoms. The molecule has 1 saturated carbocycles. The molecular weight excluding hydrogens is 357 g/mol. The van der Waals surface area contributed by atoms with Gasteiger partial charge >= 0.3 is 12.4 Å². The number of rotatable bonds is 2. The van der Waals surface area contributed by atoms with Crippen LogP contribution in [0.5, 0.6) is 0 Å². The summed E-state index contributed by atoms with van der Waals surface area (Å²) in [5.41, 5.74) is -3.19. The highest BCUT2D eigenvalue weighted by Gasteiger charge is 2.60. The number of alkyl halides is 6. The van der Waals surface area contributed by atoms with Gasteiger partial charge in [-0.15, -0.1) is 0 Å². The molecule has 4 atom stereocenters. The van der Waals surface area contributed by atoms with Gasteiger partial charge in [0.25, 0.3) is 0 Å². The van der Waals surface area contributed by atoms with E-state index in [1.807, 2.05) is 0 Å². The van der Waals surface area contributed by atoms with Crippen LogP contribution >= 0.6 is 0 Å². The minimum atomic E-state index is -5.04. The molecular formula is C15H11F7N2O. The van der Waals surface area contributed by atoms with Crippen LogP contribution < -0.4 is 4.90 Å². The smallest absolute Gasteiger partial charge is 0.382 e. The molecule has 0 spiro atoms. The van der Waals surface area contributed by atoms with Gasteiger partial charge in [0.2, 0.25) is 0 Å². The molecule has 1 aromatic carbocycles. The van der Waals surface area contributed by atoms with Crippen molar-refractivity contribution in [2.75, 3.05) is 11.4 Å². The monoisotopic (exact) mass is 368 g/mol. The first-order valence-electron chi connectivity index (χ1n) is 7.27. The molecule has 1 aliphatic carbocycles. The predicted molar refractivity (Wildman–Crippen MR) is 70.9 cm³/mol. The van der Waals surface area contributed by atoms with E-state index in [0.717, 1.165) is 11.0 Å². The Morgan fingerprint density at radius 3 is 2.36 bits per heavy atom. The van der Waals surface area contributed by atoms with E-state index in [1.54, 1.807) is 0 Å². The number of hydrogen-bond donors (Lipinski definition) is 1. The van der Waals surface area contributed by atoms with E-state index in [-0.39, 0.29) is 12.5 Å². The lowest BCUT2D eigenvalue weighted by Gasteiger charge is -2.34. The van der Waals surface area contributed by atoms with Gasteiger partial charge in [0.15, 0.2) is 6.10 Å². The summed E-state index contributed by atoms with van der Waals surface area (Å²) >= 11 is 0. The van der Waals surface area contributed by atoms with Crippen LogP contribution in [0.15, 0.2) is 12.1 Å². The largest absolute Gasteiger partial charge is 0.417 e. The lowest BCUT2D eigenvalue weighted by molar-refractivity contribution is -0.210. The molecule has 1 aliphatic heterocycles.